The first-order valence-electron chi connectivity index (χ1n) is 9.26. The predicted molar refractivity (Wildman–Crippen MR) is 115 cm³/mol. The van der Waals surface area contributed by atoms with Gasteiger partial charge < -0.3 is 21.3 Å². The van der Waals surface area contributed by atoms with Gasteiger partial charge in [-0.15, -0.1) is 0 Å². The standard InChI is InChI=1S/C20H18N8O3/c1-11(29)21-13-5-3-7-15(9-13)23-17-18(26-20-19(25-17)27-31-28-20)24-16-8-4-6-14(10-16)22-12(2)30/h3-10H,1-2H3,(H,21,29)(H,22,30)(H,23,25,27)(H,24,26,28). The molecule has 2 heterocycles. The largest absolute Gasteiger partial charge is 0.337 e. The molecule has 31 heavy (non-hydrogen) atoms. The number of rotatable bonds is 6. The van der Waals surface area contributed by atoms with Crippen LogP contribution in [0.5, 0.6) is 0 Å². The van der Waals surface area contributed by atoms with Gasteiger partial charge in [-0.25, -0.2) is 14.6 Å². The second kappa shape index (κ2) is 8.45. The van der Waals surface area contributed by atoms with Crippen LogP contribution in [0.15, 0.2) is 53.2 Å². The van der Waals surface area contributed by atoms with Crippen LogP contribution in [0, 0.1) is 0 Å². The molecule has 0 radical (unpaired) electrons. The fourth-order valence-electron chi connectivity index (χ4n) is 2.84. The maximum atomic E-state index is 11.3. The zero-order valence-electron chi connectivity index (χ0n) is 16.6. The lowest BCUT2D eigenvalue weighted by Crippen LogP contribution is -2.07. The zero-order chi connectivity index (χ0) is 21.8. The summed E-state index contributed by atoms with van der Waals surface area (Å²) in [5.41, 5.74) is 3.08. The highest BCUT2D eigenvalue weighted by Crippen LogP contribution is 2.28. The summed E-state index contributed by atoms with van der Waals surface area (Å²) in [5, 5.41) is 19.3. The highest BCUT2D eigenvalue weighted by atomic mass is 16.6. The van der Waals surface area contributed by atoms with Crippen molar-refractivity contribution in [1.29, 1.82) is 0 Å². The Bertz CT molecular complexity index is 1170. The molecule has 0 aliphatic carbocycles. The molecule has 0 atom stereocenters. The van der Waals surface area contributed by atoms with Crippen LogP contribution >= 0.6 is 0 Å². The van der Waals surface area contributed by atoms with E-state index in [4.69, 9.17) is 4.63 Å². The number of fused-ring (bicyclic) bond motifs is 1. The predicted octanol–water partition coefficient (Wildman–Crippen LogP) is 3.42. The van der Waals surface area contributed by atoms with Crippen molar-refractivity contribution >= 4 is 57.5 Å². The van der Waals surface area contributed by atoms with E-state index in [0.717, 1.165) is 0 Å². The Morgan fingerprint density at radius 3 is 1.55 bits per heavy atom. The van der Waals surface area contributed by atoms with Gasteiger partial charge in [0.25, 0.3) is 0 Å². The SMILES string of the molecule is CC(=O)Nc1cccc(Nc2nc3nonc3nc2Nc2cccc(NC(C)=O)c2)c1. The van der Waals surface area contributed by atoms with Crippen molar-refractivity contribution in [3.05, 3.63) is 48.5 Å². The third-order valence-corrected chi connectivity index (χ3v) is 4.01. The number of carbonyl (C=O) groups excluding carboxylic acids is 2. The molecule has 4 N–H and O–H groups in total. The van der Waals surface area contributed by atoms with E-state index < -0.39 is 0 Å². The molecule has 2 amide bonds. The second-order valence-electron chi connectivity index (χ2n) is 6.61. The summed E-state index contributed by atoms with van der Waals surface area (Å²) < 4.78 is 4.73. The van der Waals surface area contributed by atoms with Crippen LogP contribution in [0.3, 0.4) is 0 Å². The molecular weight excluding hydrogens is 400 g/mol. The van der Waals surface area contributed by atoms with Gasteiger partial charge >= 0.3 is 0 Å². The summed E-state index contributed by atoms with van der Waals surface area (Å²) >= 11 is 0. The Morgan fingerprint density at radius 1 is 0.710 bits per heavy atom. The third kappa shape index (κ3) is 4.90. The highest BCUT2D eigenvalue weighted by molar-refractivity contribution is 5.90. The Kier molecular flexibility index (Phi) is 5.39. The van der Waals surface area contributed by atoms with Gasteiger partial charge in [-0.1, -0.05) is 12.1 Å². The van der Waals surface area contributed by atoms with Crippen molar-refractivity contribution in [3.8, 4) is 0 Å². The summed E-state index contributed by atoms with van der Waals surface area (Å²) in [6.07, 6.45) is 0. The summed E-state index contributed by atoms with van der Waals surface area (Å²) in [5.74, 6) is 0.392. The average molecular weight is 418 g/mol. The molecule has 4 rings (SSSR count). The third-order valence-electron chi connectivity index (χ3n) is 4.01. The zero-order valence-corrected chi connectivity index (χ0v) is 16.6. The van der Waals surface area contributed by atoms with Crippen LogP contribution in [-0.2, 0) is 9.59 Å². The van der Waals surface area contributed by atoms with Crippen molar-refractivity contribution in [2.45, 2.75) is 13.8 Å². The molecule has 2 aromatic heterocycles. The van der Waals surface area contributed by atoms with E-state index in [-0.39, 0.29) is 23.1 Å². The molecule has 11 nitrogen and oxygen atoms in total. The number of aromatic nitrogens is 4. The summed E-state index contributed by atoms with van der Waals surface area (Å²) in [6, 6.07) is 14.3. The number of nitrogens with zero attached hydrogens (tertiary/aromatic N) is 4. The maximum Gasteiger partial charge on any atom is 0.245 e. The van der Waals surface area contributed by atoms with E-state index in [1.54, 1.807) is 36.4 Å². The minimum atomic E-state index is -0.173. The van der Waals surface area contributed by atoms with Gasteiger partial charge in [-0.2, -0.15) is 0 Å². The number of carbonyl (C=O) groups is 2. The van der Waals surface area contributed by atoms with E-state index in [1.165, 1.54) is 13.8 Å². The van der Waals surface area contributed by atoms with Crippen molar-refractivity contribution in [2.75, 3.05) is 21.3 Å². The van der Waals surface area contributed by atoms with Gasteiger partial charge in [0.15, 0.2) is 11.6 Å². The van der Waals surface area contributed by atoms with Crippen molar-refractivity contribution < 1.29 is 14.2 Å². The Morgan fingerprint density at radius 2 is 1.13 bits per heavy atom. The van der Waals surface area contributed by atoms with Crippen molar-refractivity contribution in [2.24, 2.45) is 0 Å². The molecule has 0 aliphatic rings. The first-order valence-corrected chi connectivity index (χ1v) is 9.26. The fraction of sp³-hybridized carbons (Fsp3) is 0.100. The lowest BCUT2D eigenvalue weighted by atomic mass is 10.2. The molecule has 0 spiro atoms. The van der Waals surface area contributed by atoms with Gasteiger partial charge in [-0.05, 0) is 46.7 Å². The normalized spacial score (nSPS) is 10.5. The Labute approximate surface area is 176 Å². The molecule has 11 heteroatoms. The summed E-state index contributed by atoms with van der Waals surface area (Å²) in [4.78, 5) is 31.5. The number of hydrogen-bond acceptors (Lipinski definition) is 9. The van der Waals surface area contributed by atoms with Crippen LogP contribution in [0.25, 0.3) is 11.3 Å². The molecule has 4 aromatic rings. The number of benzene rings is 2. The van der Waals surface area contributed by atoms with Crippen LogP contribution in [0.1, 0.15) is 13.8 Å². The van der Waals surface area contributed by atoms with Gasteiger partial charge in [0.1, 0.15) is 0 Å². The van der Waals surface area contributed by atoms with Gasteiger partial charge in [-0.3, -0.25) is 9.59 Å². The minimum Gasteiger partial charge on any atom is -0.337 e. The van der Waals surface area contributed by atoms with Crippen LogP contribution < -0.4 is 21.3 Å². The van der Waals surface area contributed by atoms with Gasteiger partial charge in [0, 0.05) is 36.6 Å². The number of hydrogen-bond donors (Lipinski definition) is 4. The number of anilines is 6. The molecule has 0 saturated heterocycles. The molecule has 156 valence electrons. The molecule has 0 fully saturated rings. The monoisotopic (exact) mass is 418 g/mol. The van der Waals surface area contributed by atoms with Crippen molar-refractivity contribution in [1.82, 2.24) is 20.3 Å². The number of nitrogens with one attached hydrogen (secondary N) is 4. The number of amides is 2. The Hall–Kier alpha value is -4.54. The molecule has 0 saturated carbocycles. The first-order chi connectivity index (χ1) is 15.0. The van der Waals surface area contributed by atoms with Gasteiger partial charge in [0.05, 0.1) is 0 Å². The van der Waals surface area contributed by atoms with Crippen LogP contribution in [-0.4, -0.2) is 32.1 Å². The van der Waals surface area contributed by atoms with Crippen molar-refractivity contribution in [3.63, 3.8) is 0 Å². The minimum absolute atomic E-state index is 0.173. The quantitative estimate of drug-likeness (QED) is 0.370. The smallest absolute Gasteiger partial charge is 0.245 e. The fourth-order valence-corrected chi connectivity index (χ4v) is 2.84. The maximum absolute atomic E-state index is 11.3. The Balaban J connectivity index is 1.67. The van der Waals surface area contributed by atoms with E-state index >= 15 is 0 Å². The molecule has 0 bridgehead atoms. The molecular formula is C20H18N8O3. The molecule has 0 unspecified atom stereocenters. The van der Waals surface area contributed by atoms with E-state index in [2.05, 4.69) is 41.5 Å². The lowest BCUT2D eigenvalue weighted by molar-refractivity contribution is -0.115. The van der Waals surface area contributed by atoms with Crippen LogP contribution in [0.2, 0.25) is 0 Å². The van der Waals surface area contributed by atoms with Gasteiger partial charge in [0.2, 0.25) is 23.1 Å². The van der Waals surface area contributed by atoms with E-state index in [0.29, 0.717) is 34.4 Å². The topological polar surface area (TPSA) is 147 Å². The first kappa shape index (κ1) is 19.8. The highest BCUT2D eigenvalue weighted by Gasteiger charge is 2.14. The van der Waals surface area contributed by atoms with E-state index in [9.17, 15) is 9.59 Å². The summed E-state index contributed by atoms with van der Waals surface area (Å²) in [7, 11) is 0. The lowest BCUT2D eigenvalue weighted by Gasteiger charge is -2.13. The molecule has 0 aliphatic heterocycles. The second-order valence-corrected chi connectivity index (χ2v) is 6.61. The van der Waals surface area contributed by atoms with E-state index in [1.807, 2.05) is 12.1 Å². The average Bonchev–Trinajstić information content (AvgIpc) is 3.15. The summed E-state index contributed by atoms with van der Waals surface area (Å²) in [6.45, 7) is 2.88. The van der Waals surface area contributed by atoms with Crippen LogP contribution in [0.4, 0.5) is 34.4 Å². The molecule has 2 aromatic carbocycles.